The van der Waals surface area contributed by atoms with E-state index in [1.54, 1.807) is 0 Å². The van der Waals surface area contributed by atoms with Crippen molar-refractivity contribution in [3.8, 4) is 0 Å². The first-order valence-corrected chi connectivity index (χ1v) is 5.59. The Labute approximate surface area is 80.3 Å². The third-order valence-electron chi connectivity index (χ3n) is 3.54. The lowest BCUT2D eigenvalue weighted by atomic mass is 9.83. The average Bonchev–Trinajstić information content (AvgIpc) is 2.01. The normalized spacial score (nSPS) is 29.9. The number of nitrogens with zero attached hydrogens (tertiary/aromatic N) is 1. The van der Waals surface area contributed by atoms with Crippen molar-refractivity contribution in [3.05, 3.63) is 0 Å². The number of hydrogen-bond acceptors (Lipinski definition) is 1. The zero-order valence-electron chi connectivity index (χ0n) is 8.46. The number of likely N-dealkylation sites (tertiary alicyclic amines) is 1. The fourth-order valence-corrected chi connectivity index (χ4v) is 2.32. The monoisotopic (exact) mass is 181 g/mol. The first-order valence-electron chi connectivity index (χ1n) is 5.59. The first kappa shape index (κ1) is 9.04. The van der Waals surface area contributed by atoms with E-state index in [-0.39, 0.29) is 0 Å². The molecule has 1 unspecified atom stereocenters. The number of rotatable bonds is 1. The Bertz CT molecular complexity index is 198. The van der Waals surface area contributed by atoms with Gasteiger partial charge in [0.1, 0.15) is 0 Å². The Morgan fingerprint density at radius 3 is 2.46 bits per heavy atom. The highest BCUT2D eigenvalue weighted by Crippen LogP contribution is 2.30. The maximum atomic E-state index is 11.9. The van der Waals surface area contributed by atoms with Crippen LogP contribution in [0.25, 0.3) is 0 Å². The van der Waals surface area contributed by atoms with Gasteiger partial charge in [0, 0.05) is 18.5 Å². The van der Waals surface area contributed by atoms with Crippen LogP contribution in [0.2, 0.25) is 0 Å². The quantitative estimate of drug-likeness (QED) is 0.607. The van der Waals surface area contributed by atoms with Crippen molar-refractivity contribution in [2.45, 2.75) is 51.5 Å². The van der Waals surface area contributed by atoms with Gasteiger partial charge in [-0.15, -0.1) is 0 Å². The van der Waals surface area contributed by atoms with Gasteiger partial charge >= 0.3 is 0 Å². The Balaban J connectivity index is 1.93. The van der Waals surface area contributed by atoms with Gasteiger partial charge < -0.3 is 4.90 Å². The van der Waals surface area contributed by atoms with E-state index < -0.39 is 0 Å². The molecule has 0 radical (unpaired) electrons. The van der Waals surface area contributed by atoms with Gasteiger partial charge in [-0.3, -0.25) is 4.79 Å². The fraction of sp³-hybridized carbons (Fsp3) is 0.909. The van der Waals surface area contributed by atoms with E-state index in [0.717, 1.165) is 19.4 Å². The van der Waals surface area contributed by atoms with Crippen LogP contribution >= 0.6 is 0 Å². The van der Waals surface area contributed by atoms with Crippen LogP contribution in [-0.4, -0.2) is 23.4 Å². The zero-order chi connectivity index (χ0) is 9.26. The van der Waals surface area contributed by atoms with Gasteiger partial charge in [0.05, 0.1) is 0 Å². The number of hydrogen-bond donors (Lipinski definition) is 0. The number of piperidine rings is 1. The predicted molar refractivity (Wildman–Crippen MR) is 52.4 cm³/mol. The average molecular weight is 181 g/mol. The van der Waals surface area contributed by atoms with E-state index in [9.17, 15) is 4.79 Å². The van der Waals surface area contributed by atoms with Crippen molar-refractivity contribution in [1.29, 1.82) is 0 Å². The molecule has 0 spiro atoms. The lowest BCUT2D eigenvalue weighted by molar-refractivity contribution is -0.141. The molecule has 0 bridgehead atoms. The molecule has 2 nitrogen and oxygen atoms in total. The topological polar surface area (TPSA) is 20.3 Å². The third kappa shape index (κ3) is 1.72. The molecular weight excluding hydrogens is 162 g/mol. The van der Waals surface area contributed by atoms with Crippen LogP contribution in [0.5, 0.6) is 0 Å². The minimum atomic E-state index is 0.389. The van der Waals surface area contributed by atoms with Gasteiger partial charge in [-0.05, 0) is 39.0 Å². The molecule has 0 N–H and O–H groups in total. The lowest BCUT2D eigenvalue weighted by Gasteiger charge is -2.38. The highest BCUT2D eigenvalue weighted by atomic mass is 16.2. The molecule has 1 saturated carbocycles. The molecule has 0 aromatic heterocycles. The van der Waals surface area contributed by atoms with E-state index in [1.165, 1.54) is 25.7 Å². The summed E-state index contributed by atoms with van der Waals surface area (Å²) in [7, 11) is 0. The molecule has 2 fully saturated rings. The van der Waals surface area contributed by atoms with Crippen LogP contribution in [0.1, 0.15) is 45.4 Å². The Hall–Kier alpha value is -0.530. The molecule has 2 rings (SSSR count). The van der Waals surface area contributed by atoms with Gasteiger partial charge in [0.15, 0.2) is 0 Å². The molecule has 0 aromatic carbocycles. The van der Waals surface area contributed by atoms with Crippen LogP contribution in [0, 0.1) is 5.92 Å². The van der Waals surface area contributed by atoms with Crippen molar-refractivity contribution >= 4 is 5.91 Å². The third-order valence-corrected chi connectivity index (χ3v) is 3.54. The second kappa shape index (κ2) is 3.69. The van der Waals surface area contributed by atoms with E-state index in [0.29, 0.717) is 17.9 Å². The van der Waals surface area contributed by atoms with Gasteiger partial charge in [-0.1, -0.05) is 6.42 Å². The van der Waals surface area contributed by atoms with Crippen molar-refractivity contribution in [1.82, 2.24) is 4.90 Å². The lowest BCUT2D eigenvalue weighted by Crippen LogP contribution is -2.46. The smallest absolute Gasteiger partial charge is 0.225 e. The van der Waals surface area contributed by atoms with Crippen molar-refractivity contribution in [2.75, 3.05) is 6.54 Å². The van der Waals surface area contributed by atoms with Crippen LogP contribution in [0.4, 0.5) is 0 Å². The molecule has 1 aliphatic carbocycles. The summed E-state index contributed by atoms with van der Waals surface area (Å²) in [6.45, 7) is 3.20. The SMILES string of the molecule is CC1CCCCN1C(=O)C1CCC1. The van der Waals surface area contributed by atoms with Gasteiger partial charge in [-0.2, -0.15) is 0 Å². The highest BCUT2D eigenvalue weighted by Gasteiger charge is 2.32. The molecule has 1 amide bonds. The van der Waals surface area contributed by atoms with E-state index in [4.69, 9.17) is 0 Å². The molecule has 1 heterocycles. The number of amides is 1. The zero-order valence-corrected chi connectivity index (χ0v) is 8.46. The second-order valence-corrected chi connectivity index (χ2v) is 4.50. The molecular formula is C11H19NO. The predicted octanol–water partition coefficient (Wildman–Crippen LogP) is 2.19. The first-order chi connectivity index (χ1) is 6.29. The standard InChI is InChI=1S/C11H19NO/c1-9-5-2-3-8-12(9)11(13)10-6-4-7-10/h9-10H,2-8H2,1H3. The molecule has 2 aliphatic rings. The van der Waals surface area contributed by atoms with Crippen LogP contribution in [0.3, 0.4) is 0 Å². The number of carbonyl (C=O) groups excluding carboxylic acids is 1. The molecule has 1 saturated heterocycles. The summed E-state index contributed by atoms with van der Waals surface area (Å²) >= 11 is 0. The maximum Gasteiger partial charge on any atom is 0.225 e. The van der Waals surface area contributed by atoms with Crippen LogP contribution in [-0.2, 0) is 4.79 Å². The molecule has 1 atom stereocenters. The van der Waals surface area contributed by atoms with Gasteiger partial charge in [0.2, 0.25) is 5.91 Å². The minimum absolute atomic E-state index is 0.389. The largest absolute Gasteiger partial charge is 0.340 e. The Kier molecular flexibility index (Phi) is 2.56. The highest BCUT2D eigenvalue weighted by molar-refractivity contribution is 5.79. The summed E-state index contributed by atoms with van der Waals surface area (Å²) in [6.07, 6.45) is 7.26. The van der Waals surface area contributed by atoms with Crippen molar-refractivity contribution in [3.63, 3.8) is 0 Å². The van der Waals surface area contributed by atoms with E-state index in [1.807, 2.05) is 0 Å². The molecule has 13 heavy (non-hydrogen) atoms. The number of carbonyl (C=O) groups is 1. The Morgan fingerprint density at radius 1 is 1.15 bits per heavy atom. The minimum Gasteiger partial charge on any atom is -0.340 e. The van der Waals surface area contributed by atoms with Gasteiger partial charge in [-0.25, -0.2) is 0 Å². The summed E-state index contributed by atoms with van der Waals surface area (Å²) in [5.41, 5.74) is 0. The molecule has 0 aromatic rings. The maximum absolute atomic E-state index is 11.9. The van der Waals surface area contributed by atoms with E-state index in [2.05, 4.69) is 11.8 Å². The summed E-state index contributed by atoms with van der Waals surface area (Å²) in [5.74, 6) is 0.832. The fourth-order valence-electron chi connectivity index (χ4n) is 2.32. The summed E-state index contributed by atoms with van der Waals surface area (Å²) in [6, 6.07) is 0.502. The van der Waals surface area contributed by atoms with Crippen molar-refractivity contribution < 1.29 is 4.79 Å². The summed E-state index contributed by atoms with van der Waals surface area (Å²) in [5, 5.41) is 0. The molecule has 74 valence electrons. The Morgan fingerprint density at radius 2 is 1.92 bits per heavy atom. The van der Waals surface area contributed by atoms with Crippen LogP contribution in [0.15, 0.2) is 0 Å². The van der Waals surface area contributed by atoms with E-state index >= 15 is 0 Å². The van der Waals surface area contributed by atoms with Gasteiger partial charge in [0.25, 0.3) is 0 Å². The van der Waals surface area contributed by atoms with Crippen LogP contribution < -0.4 is 0 Å². The molecule has 1 aliphatic heterocycles. The summed E-state index contributed by atoms with van der Waals surface area (Å²) in [4.78, 5) is 14.0. The second-order valence-electron chi connectivity index (χ2n) is 4.50. The molecule has 2 heteroatoms. The summed E-state index contributed by atoms with van der Waals surface area (Å²) < 4.78 is 0. The van der Waals surface area contributed by atoms with Crippen molar-refractivity contribution in [2.24, 2.45) is 5.92 Å².